The zero-order valence-electron chi connectivity index (χ0n) is 32.1. The molecule has 5 amide bonds. The van der Waals surface area contributed by atoms with E-state index in [1.165, 1.54) is 23.3 Å². The van der Waals surface area contributed by atoms with Gasteiger partial charge in [0.25, 0.3) is 11.8 Å². The molecule has 3 N–H and O–H groups in total. The number of amides is 5. The highest BCUT2D eigenvalue weighted by Crippen LogP contribution is 2.32. The van der Waals surface area contributed by atoms with Gasteiger partial charge in [-0.1, -0.05) is 62.4 Å². The van der Waals surface area contributed by atoms with Gasteiger partial charge in [0.05, 0.1) is 24.1 Å². The molecule has 1 saturated heterocycles. The molecule has 2 aliphatic heterocycles. The Labute approximate surface area is 330 Å². The zero-order chi connectivity index (χ0) is 39.8. The molecule has 2 aromatic heterocycles. The van der Waals surface area contributed by atoms with Crippen LogP contribution < -0.4 is 20.7 Å². The Balaban J connectivity index is 1.34. The third kappa shape index (κ3) is 10.0. The van der Waals surface area contributed by atoms with E-state index in [0.29, 0.717) is 23.6 Å². The fraction of sp³-hybridized carbons (Fsp3) is 0.415. The normalized spacial score (nSPS) is 21.1. The van der Waals surface area contributed by atoms with Crippen LogP contribution in [0.1, 0.15) is 47.8 Å². The number of rotatable bonds is 9. The molecule has 15 heteroatoms. The number of hydrogen-bond donors (Lipinski definition) is 3. The van der Waals surface area contributed by atoms with Crippen LogP contribution in [0.5, 0.6) is 5.75 Å². The Morgan fingerprint density at radius 1 is 0.946 bits per heavy atom. The summed E-state index contributed by atoms with van der Waals surface area (Å²) in [7, 11) is 3.23. The molecule has 0 saturated carbocycles. The molecule has 4 aromatic rings. The number of hydrogen-bond acceptors (Lipinski definition) is 9. The van der Waals surface area contributed by atoms with Crippen LogP contribution in [0.4, 0.5) is 0 Å². The summed E-state index contributed by atoms with van der Waals surface area (Å²) in [5.41, 5.74) is 2.72. The number of ether oxygens (including phenoxy) is 2. The molecule has 296 valence electrons. The van der Waals surface area contributed by atoms with Gasteiger partial charge in [-0.25, -0.2) is 0 Å². The minimum Gasteiger partial charge on any atom is -0.484 e. The van der Waals surface area contributed by atoms with E-state index >= 15 is 0 Å². The van der Waals surface area contributed by atoms with E-state index in [0.717, 1.165) is 16.0 Å². The molecule has 1 fully saturated rings. The lowest BCUT2D eigenvalue weighted by Gasteiger charge is -2.29. The maximum absolute atomic E-state index is 14.4. The molecule has 4 atom stereocenters. The van der Waals surface area contributed by atoms with Crippen LogP contribution in [-0.4, -0.2) is 114 Å². The van der Waals surface area contributed by atoms with Crippen LogP contribution in [0.3, 0.4) is 0 Å². The van der Waals surface area contributed by atoms with Crippen molar-refractivity contribution in [1.82, 2.24) is 35.5 Å². The second kappa shape index (κ2) is 18.4. The van der Waals surface area contributed by atoms with E-state index in [9.17, 15) is 24.0 Å². The Hall–Kier alpha value is -5.54. The first-order valence-electron chi connectivity index (χ1n) is 18.8. The van der Waals surface area contributed by atoms with Crippen molar-refractivity contribution < 1.29 is 33.4 Å². The fourth-order valence-electron chi connectivity index (χ4n) is 7.19. The average Bonchev–Trinajstić information content (AvgIpc) is 3.95. The maximum atomic E-state index is 14.4. The molecule has 0 spiro atoms. The summed E-state index contributed by atoms with van der Waals surface area (Å²) in [6.45, 7) is 3.87. The molecular weight excluding hydrogens is 735 g/mol. The lowest BCUT2D eigenvalue weighted by molar-refractivity contribution is -0.141. The molecule has 6 rings (SSSR count). The number of carbonyl (C=O) groups excluding carboxylic acids is 5. The fourth-order valence-corrected chi connectivity index (χ4v) is 7.87. The minimum absolute atomic E-state index is 0.0449. The SMILES string of the molecule is COCCN1CC(=O)N[C@@H](Cc2ccccc2)C(=O)N[C@H]2CN(C(=O)c3cc(-c4cccs4)nn3C)C[C@@H]2c2cccc(c2)OCC(=O)N[C@H](CC(C)C)C1=O. The number of nitrogens with one attached hydrogen (secondary N) is 3. The van der Waals surface area contributed by atoms with Crippen molar-refractivity contribution in [2.24, 2.45) is 13.0 Å². The van der Waals surface area contributed by atoms with Crippen LogP contribution in [-0.2, 0) is 37.4 Å². The van der Waals surface area contributed by atoms with Gasteiger partial charge in [0.15, 0.2) is 6.61 Å². The second-order valence-corrected chi connectivity index (χ2v) is 15.6. The number of fused-ring (bicyclic) bond motifs is 4. The Morgan fingerprint density at radius 3 is 2.46 bits per heavy atom. The molecular formula is C41H49N7O7S. The van der Waals surface area contributed by atoms with E-state index in [-0.39, 0.29) is 63.6 Å². The first-order valence-corrected chi connectivity index (χ1v) is 19.7. The van der Waals surface area contributed by atoms with Crippen molar-refractivity contribution in [2.75, 3.05) is 46.5 Å². The molecule has 0 unspecified atom stereocenters. The molecule has 14 nitrogen and oxygen atoms in total. The van der Waals surface area contributed by atoms with Crippen molar-refractivity contribution >= 4 is 40.9 Å². The number of aryl methyl sites for hydroxylation is 1. The van der Waals surface area contributed by atoms with Gasteiger partial charge in [-0.2, -0.15) is 5.10 Å². The van der Waals surface area contributed by atoms with E-state index in [1.54, 1.807) is 40.9 Å². The molecule has 0 radical (unpaired) electrons. The number of nitrogens with zero attached hydrogens (tertiary/aromatic N) is 4. The quantitative estimate of drug-likeness (QED) is 0.233. The predicted molar refractivity (Wildman–Crippen MR) is 211 cm³/mol. The molecule has 4 heterocycles. The van der Waals surface area contributed by atoms with Crippen LogP contribution in [0.2, 0.25) is 0 Å². The number of aromatic nitrogens is 2. The standard InChI is InChI=1S/C41H49N7O7S/c1-26(2)18-33-40(52)47(15-16-54-4)24-37(49)42-32(19-27-10-6-5-7-11-27)39(51)44-34-23-48(41(53)35-21-31(45-46(35)3)36-14-9-17-56-36)22-30(34)28-12-8-13-29(20-28)55-25-38(50)43-33/h5-14,17,20-21,26,30,32-34H,15-16,18-19,22-25H2,1-4H3,(H,42,49)(H,43,50)(H,44,51)/t30-,32+,33-,34+/m1/s1. The van der Waals surface area contributed by atoms with Gasteiger partial charge in [-0.05, 0) is 53.1 Å². The lowest BCUT2D eigenvalue weighted by Crippen LogP contribution is -2.56. The Bertz CT molecular complexity index is 2000. The lowest BCUT2D eigenvalue weighted by atomic mass is 9.93. The van der Waals surface area contributed by atoms with Gasteiger partial charge in [0.1, 0.15) is 29.2 Å². The molecule has 2 aromatic carbocycles. The average molecular weight is 784 g/mol. The van der Waals surface area contributed by atoms with Gasteiger partial charge in [-0.15, -0.1) is 11.3 Å². The topological polar surface area (TPSA) is 164 Å². The third-order valence-corrected chi connectivity index (χ3v) is 10.8. The smallest absolute Gasteiger partial charge is 0.272 e. The van der Waals surface area contributed by atoms with Crippen molar-refractivity contribution in [1.29, 1.82) is 0 Å². The van der Waals surface area contributed by atoms with Crippen LogP contribution in [0.25, 0.3) is 10.6 Å². The first-order chi connectivity index (χ1) is 27.0. The number of likely N-dealkylation sites (tertiary alicyclic amines) is 1. The summed E-state index contributed by atoms with van der Waals surface area (Å²) < 4.78 is 12.8. The number of benzene rings is 2. The molecule has 0 aliphatic carbocycles. The summed E-state index contributed by atoms with van der Waals surface area (Å²) in [5, 5.41) is 15.4. The van der Waals surface area contributed by atoms with Crippen molar-refractivity contribution in [3.63, 3.8) is 0 Å². The van der Waals surface area contributed by atoms with Crippen molar-refractivity contribution in [3.8, 4) is 16.3 Å². The zero-order valence-corrected chi connectivity index (χ0v) is 32.9. The van der Waals surface area contributed by atoms with Gasteiger partial charge in [0, 0.05) is 46.1 Å². The monoisotopic (exact) mass is 783 g/mol. The van der Waals surface area contributed by atoms with Crippen molar-refractivity contribution in [2.45, 2.75) is 50.7 Å². The van der Waals surface area contributed by atoms with E-state index in [4.69, 9.17) is 9.47 Å². The van der Waals surface area contributed by atoms with Gasteiger partial charge in [0.2, 0.25) is 17.7 Å². The Morgan fingerprint density at radius 2 is 1.73 bits per heavy atom. The predicted octanol–water partition coefficient (Wildman–Crippen LogP) is 3.00. The van der Waals surface area contributed by atoms with Crippen molar-refractivity contribution in [3.05, 3.63) is 95.0 Å². The summed E-state index contributed by atoms with van der Waals surface area (Å²) in [6.07, 6.45) is 0.511. The van der Waals surface area contributed by atoms with Gasteiger partial charge < -0.3 is 35.2 Å². The summed E-state index contributed by atoms with van der Waals surface area (Å²) in [5.74, 6) is -2.05. The number of thiophene rings is 1. The van der Waals surface area contributed by atoms with E-state index < -0.39 is 41.8 Å². The summed E-state index contributed by atoms with van der Waals surface area (Å²) in [4.78, 5) is 73.6. The second-order valence-electron chi connectivity index (χ2n) is 14.6. The Kier molecular flexibility index (Phi) is 13.2. The van der Waals surface area contributed by atoms with E-state index in [1.807, 2.05) is 67.8 Å². The highest BCUT2D eigenvalue weighted by Gasteiger charge is 2.40. The van der Waals surface area contributed by atoms with Crippen LogP contribution in [0.15, 0.2) is 78.2 Å². The molecule has 2 bridgehead atoms. The number of methoxy groups -OCH3 is 1. The van der Waals surface area contributed by atoms with Gasteiger partial charge in [-0.3, -0.25) is 28.7 Å². The van der Waals surface area contributed by atoms with Crippen LogP contribution in [0, 0.1) is 5.92 Å². The molecule has 56 heavy (non-hydrogen) atoms. The maximum Gasteiger partial charge on any atom is 0.272 e. The summed E-state index contributed by atoms with van der Waals surface area (Å²) >= 11 is 1.53. The van der Waals surface area contributed by atoms with E-state index in [2.05, 4.69) is 21.0 Å². The third-order valence-electron chi connectivity index (χ3n) is 9.95. The highest BCUT2D eigenvalue weighted by atomic mass is 32.1. The highest BCUT2D eigenvalue weighted by molar-refractivity contribution is 7.13. The van der Waals surface area contributed by atoms with Gasteiger partial charge >= 0.3 is 0 Å². The van der Waals surface area contributed by atoms with Crippen LogP contribution >= 0.6 is 11.3 Å². The minimum atomic E-state index is -1.01. The molecule has 2 aliphatic rings. The first kappa shape index (κ1) is 40.1. The largest absolute Gasteiger partial charge is 0.484 e. The number of carbonyl (C=O) groups is 5. The summed E-state index contributed by atoms with van der Waals surface area (Å²) in [6, 6.07) is 19.7.